The molecule has 30 heavy (non-hydrogen) atoms. The zero-order chi connectivity index (χ0) is 21.1. The van der Waals surface area contributed by atoms with E-state index >= 15 is 0 Å². The second kappa shape index (κ2) is 8.25. The molecule has 0 aliphatic heterocycles. The number of hydrogen-bond donors (Lipinski definition) is 1. The molecule has 0 atom stereocenters. The second-order valence-corrected chi connectivity index (χ2v) is 7.01. The van der Waals surface area contributed by atoms with Crippen molar-refractivity contribution in [1.29, 1.82) is 0 Å². The number of carbonyl (C=O) groups excluding carboxylic acids is 1. The van der Waals surface area contributed by atoms with Crippen LogP contribution >= 0.6 is 0 Å². The van der Waals surface area contributed by atoms with Gasteiger partial charge in [0.1, 0.15) is 17.2 Å². The standard InChI is InChI=1S/C25H22N2O3/c1-16(13-23(28)27-22-11-7-8-12-26-22)19-14-20-21(18-9-5-4-6-10-18)15-30-25(20)17(2)24(19)29-3/h4-15H,1-3H3,(H,26,27,28)/b16-13+. The largest absolute Gasteiger partial charge is 0.496 e. The lowest BCUT2D eigenvalue weighted by molar-refractivity contribution is -0.111. The van der Waals surface area contributed by atoms with Gasteiger partial charge in [0.25, 0.3) is 0 Å². The highest BCUT2D eigenvalue weighted by Crippen LogP contribution is 2.40. The molecule has 1 N–H and O–H groups in total. The zero-order valence-electron chi connectivity index (χ0n) is 17.1. The number of hydrogen-bond acceptors (Lipinski definition) is 4. The van der Waals surface area contributed by atoms with Gasteiger partial charge in [-0.2, -0.15) is 0 Å². The molecule has 0 saturated heterocycles. The summed E-state index contributed by atoms with van der Waals surface area (Å²) in [5.74, 6) is 0.948. The number of benzene rings is 2. The van der Waals surface area contributed by atoms with Crippen molar-refractivity contribution < 1.29 is 13.9 Å². The van der Waals surface area contributed by atoms with Gasteiger partial charge in [0, 0.05) is 34.3 Å². The SMILES string of the molecule is COc1c(/C(C)=C/C(=O)Nc2ccccn2)cc2c(-c3ccccc3)coc2c1C. The third kappa shape index (κ3) is 3.70. The van der Waals surface area contributed by atoms with Crippen LogP contribution in [0.5, 0.6) is 5.75 Å². The van der Waals surface area contributed by atoms with Crippen molar-refractivity contribution >= 4 is 28.3 Å². The maximum atomic E-state index is 12.5. The van der Waals surface area contributed by atoms with Crippen molar-refractivity contribution in [3.05, 3.63) is 84.3 Å². The number of carbonyl (C=O) groups is 1. The number of rotatable bonds is 5. The number of nitrogens with zero attached hydrogens (tertiary/aromatic N) is 1. The number of allylic oxidation sites excluding steroid dienone is 1. The van der Waals surface area contributed by atoms with E-state index in [2.05, 4.69) is 10.3 Å². The van der Waals surface area contributed by atoms with Crippen LogP contribution in [0.3, 0.4) is 0 Å². The van der Waals surface area contributed by atoms with E-state index < -0.39 is 0 Å². The fourth-order valence-electron chi connectivity index (χ4n) is 3.59. The minimum Gasteiger partial charge on any atom is -0.496 e. The highest BCUT2D eigenvalue weighted by molar-refractivity contribution is 6.05. The van der Waals surface area contributed by atoms with Crippen LogP contribution in [0.2, 0.25) is 0 Å². The molecule has 0 fully saturated rings. The molecule has 4 aromatic rings. The van der Waals surface area contributed by atoms with Gasteiger partial charge in [-0.1, -0.05) is 36.4 Å². The summed E-state index contributed by atoms with van der Waals surface area (Å²) in [7, 11) is 1.62. The number of aromatic nitrogens is 1. The molecule has 2 aromatic heterocycles. The quantitative estimate of drug-likeness (QED) is 0.428. The number of furan rings is 1. The molecule has 0 aliphatic carbocycles. The number of methoxy groups -OCH3 is 1. The fraction of sp³-hybridized carbons (Fsp3) is 0.120. The van der Waals surface area contributed by atoms with Gasteiger partial charge in [0.15, 0.2) is 0 Å². The van der Waals surface area contributed by atoms with Crippen molar-refractivity contribution in [2.45, 2.75) is 13.8 Å². The summed E-state index contributed by atoms with van der Waals surface area (Å²) in [4.78, 5) is 16.6. The molecule has 5 nitrogen and oxygen atoms in total. The van der Waals surface area contributed by atoms with E-state index in [-0.39, 0.29) is 5.91 Å². The predicted octanol–water partition coefficient (Wildman–Crippen LogP) is 5.85. The topological polar surface area (TPSA) is 64.4 Å². The number of aryl methyl sites for hydroxylation is 1. The van der Waals surface area contributed by atoms with E-state index in [1.54, 1.807) is 37.8 Å². The molecule has 0 saturated carbocycles. The summed E-state index contributed by atoms with van der Waals surface area (Å²) < 4.78 is 11.6. The smallest absolute Gasteiger partial charge is 0.249 e. The highest BCUT2D eigenvalue weighted by atomic mass is 16.5. The van der Waals surface area contributed by atoms with Crippen LogP contribution in [-0.2, 0) is 4.79 Å². The maximum absolute atomic E-state index is 12.5. The average Bonchev–Trinajstić information content (AvgIpc) is 3.19. The Hall–Kier alpha value is -3.86. The first-order chi connectivity index (χ1) is 14.6. The van der Waals surface area contributed by atoms with Crippen molar-refractivity contribution in [2.75, 3.05) is 12.4 Å². The van der Waals surface area contributed by atoms with Crippen LogP contribution in [0.25, 0.3) is 27.7 Å². The average molecular weight is 398 g/mol. The minimum atomic E-state index is -0.249. The Bertz CT molecular complexity index is 1230. The molecule has 0 aliphatic rings. The number of amides is 1. The maximum Gasteiger partial charge on any atom is 0.249 e. The van der Waals surface area contributed by atoms with E-state index in [9.17, 15) is 4.79 Å². The first-order valence-electron chi connectivity index (χ1n) is 9.63. The van der Waals surface area contributed by atoms with Gasteiger partial charge in [-0.05, 0) is 43.2 Å². The molecule has 0 radical (unpaired) electrons. The summed E-state index contributed by atoms with van der Waals surface area (Å²) in [5.41, 5.74) is 5.37. The van der Waals surface area contributed by atoms with E-state index in [1.165, 1.54) is 0 Å². The Morgan fingerprint density at radius 2 is 1.90 bits per heavy atom. The van der Waals surface area contributed by atoms with Crippen molar-refractivity contribution in [3.8, 4) is 16.9 Å². The number of pyridine rings is 1. The van der Waals surface area contributed by atoms with Crippen molar-refractivity contribution in [1.82, 2.24) is 4.98 Å². The molecule has 0 unspecified atom stereocenters. The van der Waals surface area contributed by atoms with Gasteiger partial charge in [0.2, 0.25) is 5.91 Å². The van der Waals surface area contributed by atoms with Gasteiger partial charge in [-0.25, -0.2) is 4.98 Å². The molecule has 150 valence electrons. The van der Waals surface area contributed by atoms with Crippen LogP contribution in [0, 0.1) is 6.92 Å². The summed E-state index contributed by atoms with van der Waals surface area (Å²) in [5, 5.41) is 3.76. The Kier molecular flexibility index (Phi) is 5.35. The van der Waals surface area contributed by atoms with E-state index in [1.807, 2.05) is 56.3 Å². The van der Waals surface area contributed by atoms with Crippen LogP contribution in [0.4, 0.5) is 5.82 Å². The molecule has 5 heteroatoms. The number of ether oxygens (including phenoxy) is 1. The normalized spacial score (nSPS) is 11.5. The summed E-state index contributed by atoms with van der Waals surface area (Å²) in [6.07, 6.45) is 4.96. The first kappa shape index (κ1) is 19.5. The molecule has 4 rings (SSSR count). The second-order valence-electron chi connectivity index (χ2n) is 7.01. The van der Waals surface area contributed by atoms with Crippen LogP contribution in [-0.4, -0.2) is 18.0 Å². The third-order valence-corrected chi connectivity index (χ3v) is 5.02. The summed E-state index contributed by atoms with van der Waals surface area (Å²) in [6.45, 7) is 3.85. The number of anilines is 1. The van der Waals surface area contributed by atoms with Gasteiger partial charge < -0.3 is 14.5 Å². The third-order valence-electron chi connectivity index (χ3n) is 5.02. The molecule has 1 amide bonds. The molecule has 0 bridgehead atoms. The molecule has 2 aromatic carbocycles. The van der Waals surface area contributed by atoms with Crippen molar-refractivity contribution in [3.63, 3.8) is 0 Å². The summed E-state index contributed by atoms with van der Waals surface area (Å²) in [6, 6.07) is 17.5. The molecule has 2 heterocycles. The lowest BCUT2D eigenvalue weighted by Gasteiger charge is -2.13. The monoisotopic (exact) mass is 398 g/mol. The Morgan fingerprint density at radius 1 is 1.13 bits per heavy atom. The first-order valence-corrected chi connectivity index (χ1v) is 9.63. The highest BCUT2D eigenvalue weighted by Gasteiger charge is 2.18. The Balaban J connectivity index is 1.78. The Labute approximate surface area is 175 Å². The van der Waals surface area contributed by atoms with Crippen LogP contribution < -0.4 is 10.1 Å². The van der Waals surface area contributed by atoms with E-state index in [0.29, 0.717) is 11.6 Å². The van der Waals surface area contributed by atoms with Gasteiger partial charge in [0.05, 0.1) is 13.4 Å². The lowest BCUT2D eigenvalue weighted by Crippen LogP contribution is -2.09. The fourth-order valence-corrected chi connectivity index (χ4v) is 3.59. The zero-order valence-corrected chi connectivity index (χ0v) is 17.1. The minimum absolute atomic E-state index is 0.249. The Morgan fingerprint density at radius 3 is 2.60 bits per heavy atom. The molecule has 0 spiro atoms. The lowest BCUT2D eigenvalue weighted by atomic mass is 9.96. The molecular formula is C25H22N2O3. The van der Waals surface area contributed by atoms with Gasteiger partial charge >= 0.3 is 0 Å². The number of nitrogens with one attached hydrogen (secondary N) is 1. The number of fused-ring (bicyclic) bond motifs is 1. The van der Waals surface area contributed by atoms with Gasteiger partial charge in [-0.15, -0.1) is 0 Å². The molecular weight excluding hydrogens is 376 g/mol. The van der Waals surface area contributed by atoms with Gasteiger partial charge in [-0.3, -0.25) is 4.79 Å². The van der Waals surface area contributed by atoms with E-state index in [4.69, 9.17) is 9.15 Å². The van der Waals surface area contributed by atoms with E-state index in [0.717, 1.165) is 38.8 Å². The van der Waals surface area contributed by atoms with Crippen molar-refractivity contribution in [2.24, 2.45) is 0 Å². The summed E-state index contributed by atoms with van der Waals surface area (Å²) >= 11 is 0. The predicted molar refractivity (Wildman–Crippen MR) is 119 cm³/mol. The van der Waals surface area contributed by atoms with Crippen LogP contribution in [0.1, 0.15) is 18.1 Å². The van der Waals surface area contributed by atoms with Crippen LogP contribution in [0.15, 0.2) is 77.6 Å².